The number of benzene rings is 6. The molecule has 0 spiro atoms. The Morgan fingerprint density at radius 2 is 0.868 bits per heavy atom. The van der Waals surface area contributed by atoms with Crippen molar-refractivity contribution in [1.82, 2.24) is 0 Å². The molecule has 1 saturated carbocycles. The standard InChI is InChI=1S/C45H40O6S.CH4/c1-32-6-8-33(9-7-32)44(46)34-10-16-38(17-11-34)50-40-22-26-42(27-23-40)52(47,48)43-28-24-41(25-29-43)51-39-20-14-36(15-21-39)45(30-4-3-5-31-45)35-12-18-37(49-2)19-13-35;/h6-29H,3-5,30-31H2,1-2H3;1H4. The van der Waals surface area contributed by atoms with Crippen LogP contribution in [0.4, 0.5) is 0 Å². The van der Waals surface area contributed by atoms with Gasteiger partial charge in [0.15, 0.2) is 5.78 Å². The summed E-state index contributed by atoms with van der Waals surface area (Å²) in [7, 11) is -2.09. The maximum Gasteiger partial charge on any atom is 0.206 e. The van der Waals surface area contributed by atoms with Crippen molar-refractivity contribution < 1.29 is 27.4 Å². The molecule has 6 nitrogen and oxygen atoms in total. The second-order valence-corrected chi connectivity index (χ2v) is 15.2. The van der Waals surface area contributed by atoms with Gasteiger partial charge in [0.1, 0.15) is 28.7 Å². The Morgan fingerprint density at radius 1 is 0.509 bits per heavy atom. The average Bonchev–Trinajstić information content (AvgIpc) is 3.19. The third-order valence-corrected chi connectivity index (χ3v) is 11.7. The van der Waals surface area contributed by atoms with Crippen molar-refractivity contribution in [2.24, 2.45) is 0 Å². The zero-order valence-corrected chi connectivity index (χ0v) is 30.1. The summed E-state index contributed by atoms with van der Waals surface area (Å²) in [6.45, 7) is 1.98. The minimum absolute atomic E-state index is 0. The van der Waals surface area contributed by atoms with Gasteiger partial charge in [-0.2, -0.15) is 0 Å². The van der Waals surface area contributed by atoms with Crippen molar-refractivity contribution in [3.63, 3.8) is 0 Å². The number of ether oxygens (including phenoxy) is 3. The van der Waals surface area contributed by atoms with Crippen LogP contribution in [0.25, 0.3) is 0 Å². The Morgan fingerprint density at radius 3 is 1.28 bits per heavy atom. The summed E-state index contributed by atoms with van der Waals surface area (Å²) in [5.41, 5.74) is 4.80. The first-order valence-electron chi connectivity index (χ1n) is 17.5. The molecule has 53 heavy (non-hydrogen) atoms. The van der Waals surface area contributed by atoms with E-state index in [1.807, 2.05) is 55.5 Å². The van der Waals surface area contributed by atoms with Crippen LogP contribution >= 0.6 is 0 Å². The molecule has 0 amide bonds. The monoisotopic (exact) mass is 724 g/mol. The molecule has 0 aromatic heterocycles. The lowest BCUT2D eigenvalue weighted by Crippen LogP contribution is -2.30. The molecular weight excluding hydrogens is 681 g/mol. The zero-order valence-electron chi connectivity index (χ0n) is 29.2. The van der Waals surface area contributed by atoms with Crippen LogP contribution in [-0.2, 0) is 15.3 Å². The number of hydrogen-bond acceptors (Lipinski definition) is 6. The maximum absolute atomic E-state index is 13.5. The van der Waals surface area contributed by atoms with E-state index in [-0.39, 0.29) is 28.4 Å². The summed E-state index contributed by atoms with van der Waals surface area (Å²) < 4.78 is 44.4. The third kappa shape index (κ3) is 8.06. The van der Waals surface area contributed by atoms with Crippen LogP contribution in [0.5, 0.6) is 28.7 Å². The van der Waals surface area contributed by atoms with Gasteiger partial charge in [-0.25, -0.2) is 8.42 Å². The molecular formula is C46H44O6S. The van der Waals surface area contributed by atoms with Crippen LogP contribution in [-0.4, -0.2) is 21.3 Å². The van der Waals surface area contributed by atoms with Gasteiger partial charge in [-0.1, -0.05) is 80.8 Å². The normalized spacial score (nSPS) is 13.7. The van der Waals surface area contributed by atoms with Gasteiger partial charge in [-0.3, -0.25) is 4.79 Å². The average molecular weight is 725 g/mol. The third-order valence-electron chi connectivity index (χ3n) is 9.93. The smallest absolute Gasteiger partial charge is 0.206 e. The topological polar surface area (TPSA) is 78.9 Å². The van der Waals surface area contributed by atoms with E-state index in [0.29, 0.717) is 34.1 Å². The number of ketones is 1. The molecule has 6 aromatic carbocycles. The molecule has 0 aliphatic heterocycles. The largest absolute Gasteiger partial charge is 0.497 e. The van der Waals surface area contributed by atoms with Gasteiger partial charge in [-0.05, 0) is 128 Å². The predicted molar refractivity (Wildman–Crippen MR) is 210 cm³/mol. The first kappa shape index (κ1) is 37.1. The van der Waals surface area contributed by atoms with E-state index in [4.69, 9.17) is 14.2 Å². The number of sulfone groups is 1. The lowest BCUT2D eigenvalue weighted by molar-refractivity contribution is 0.103. The van der Waals surface area contributed by atoms with E-state index in [1.165, 1.54) is 42.5 Å². The predicted octanol–water partition coefficient (Wildman–Crippen LogP) is 11.5. The summed E-state index contributed by atoms with van der Waals surface area (Å²) in [6.07, 6.45) is 5.81. The number of hydrogen-bond donors (Lipinski definition) is 0. The quantitative estimate of drug-likeness (QED) is 0.124. The highest BCUT2D eigenvalue weighted by Crippen LogP contribution is 2.45. The highest BCUT2D eigenvalue weighted by atomic mass is 32.2. The fraction of sp³-hybridized carbons (Fsp3) is 0.196. The fourth-order valence-electron chi connectivity index (χ4n) is 6.98. The second-order valence-electron chi connectivity index (χ2n) is 13.3. The molecule has 7 rings (SSSR count). The number of carbonyl (C=O) groups is 1. The van der Waals surface area contributed by atoms with Crippen LogP contribution in [0.3, 0.4) is 0 Å². The fourth-order valence-corrected chi connectivity index (χ4v) is 8.24. The summed E-state index contributed by atoms with van der Waals surface area (Å²) in [5.74, 6) is 3.03. The molecule has 7 heteroatoms. The minimum Gasteiger partial charge on any atom is -0.497 e. The van der Waals surface area contributed by atoms with E-state index in [2.05, 4.69) is 24.3 Å². The van der Waals surface area contributed by atoms with E-state index in [1.54, 1.807) is 67.8 Å². The van der Waals surface area contributed by atoms with Gasteiger partial charge >= 0.3 is 0 Å². The maximum atomic E-state index is 13.5. The number of rotatable bonds is 11. The summed E-state index contributed by atoms with van der Waals surface area (Å²) in [6, 6.07) is 43.8. The Balaban J connectivity index is 0.00000481. The molecule has 6 aromatic rings. The van der Waals surface area contributed by atoms with E-state index in [0.717, 1.165) is 24.2 Å². The molecule has 0 heterocycles. The SMILES string of the molecule is C.COc1ccc(C2(c3ccc(Oc4ccc(S(=O)(=O)c5ccc(Oc6ccc(C(=O)c7ccc(C)cc7)cc6)cc5)cc4)cc3)CCCCC2)cc1. The van der Waals surface area contributed by atoms with Gasteiger partial charge < -0.3 is 14.2 Å². The lowest BCUT2D eigenvalue weighted by atomic mass is 9.65. The van der Waals surface area contributed by atoms with Crippen LogP contribution < -0.4 is 14.2 Å². The van der Waals surface area contributed by atoms with Crippen LogP contribution in [0, 0.1) is 6.92 Å². The van der Waals surface area contributed by atoms with Crippen LogP contribution in [0.2, 0.25) is 0 Å². The lowest BCUT2D eigenvalue weighted by Gasteiger charge is -2.38. The summed E-state index contributed by atoms with van der Waals surface area (Å²) in [4.78, 5) is 13.1. The van der Waals surface area contributed by atoms with Crippen LogP contribution in [0.15, 0.2) is 155 Å². The highest BCUT2D eigenvalue weighted by molar-refractivity contribution is 7.91. The first-order chi connectivity index (χ1) is 25.2. The second kappa shape index (κ2) is 15.9. The molecule has 1 aliphatic carbocycles. The van der Waals surface area contributed by atoms with E-state index in [9.17, 15) is 13.2 Å². The molecule has 0 N–H and O–H groups in total. The molecule has 1 fully saturated rings. The van der Waals surface area contributed by atoms with Gasteiger partial charge in [0, 0.05) is 16.5 Å². The van der Waals surface area contributed by atoms with Crippen LogP contribution in [0.1, 0.15) is 72.1 Å². The van der Waals surface area contributed by atoms with E-state index >= 15 is 0 Å². The van der Waals surface area contributed by atoms with Gasteiger partial charge in [0.2, 0.25) is 9.84 Å². The van der Waals surface area contributed by atoms with Crippen molar-refractivity contribution in [1.29, 1.82) is 0 Å². The zero-order chi connectivity index (χ0) is 36.1. The Kier molecular flexibility index (Phi) is 11.2. The molecule has 0 atom stereocenters. The first-order valence-corrected chi connectivity index (χ1v) is 19.0. The molecule has 270 valence electrons. The van der Waals surface area contributed by atoms with E-state index < -0.39 is 9.84 Å². The molecule has 0 bridgehead atoms. The molecule has 0 saturated heterocycles. The van der Waals surface area contributed by atoms with Crippen molar-refractivity contribution in [2.45, 2.75) is 61.7 Å². The molecule has 1 aliphatic rings. The van der Waals surface area contributed by atoms with Crippen molar-refractivity contribution in [2.75, 3.05) is 7.11 Å². The summed E-state index contributed by atoms with van der Waals surface area (Å²) >= 11 is 0. The Bertz CT molecular complexity index is 2240. The van der Waals surface area contributed by atoms with Crippen molar-refractivity contribution >= 4 is 15.6 Å². The summed E-state index contributed by atoms with van der Waals surface area (Å²) in [5, 5.41) is 0. The van der Waals surface area contributed by atoms with Gasteiger partial charge in [-0.15, -0.1) is 0 Å². The Labute approximate surface area is 312 Å². The van der Waals surface area contributed by atoms with Crippen molar-refractivity contribution in [3.8, 4) is 28.7 Å². The van der Waals surface area contributed by atoms with Gasteiger partial charge in [0.25, 0.3) is 0 Å². The number of aryl methyl sites for hydroxylation is 1. The van der Waals surface area contributed by atoms with Gasteiger partial charge in [0.05, 0.1) is 16.9 Å². The minimum atomic E-state index is -3.77. The number of carbonyl (C=O) groups excluding carboxylic acids is 1. The highest BCUT2D eigenvalue weighted by Gasteiger charge is 2.35. The number of methoxy groups -OCH3 is 1. The Hall–Kier alpha value is -5.66. The molecule has 0 unspecified atom stereocenters. The molecule has 0 radical (unpaired) electrons. The van der Waals surface area contributed by atoms with Crippen molar-refractivity contribution in [3.05, 3.63) is 173 Å².